The molecule has 0 aliphatic heterocycles. The van der Waals surface area contributed by atoms with E-state index in [2.05, 4.69) is 9.97 Å². The van der Waals surface area contributed by atoms with Gasteiger partial charge in [-0.25, -0.2) is 0 Å². The van der Waals surface area contributed by atoms with Gasteiger partial charge in [-0.15, -0.1) is 0 Å². The van der Waals surface area contributed by atoms with Gasteiger partial charge in [0.2, 0.25) is 11.8 Å². The van der Waals surface area contributed by atoms with Crippen LogP contribution in [0.25, 0.3) is 0 Å². The molecule has 0 atom stereocenters. The Bertz CT molecular complexity index is 1150. The van der Waals surface area contributed by atoms with Crippen molar-refractivity contribution in [1.82, 2.24) is 19.1 Å². The van der Waals surface area contributed by atoms with E-state index in [-0.39, 0.29) is 11.1 Å². The van der Waals surface area contributed by atoms with Crippen LogP contribution in [-0.2, 0) is 14.1 Å². The fraction of sp³-hybridized carbons (Fsp3) is 0.300. The largest absolute Gasteiger partial charge is 0.493 e. The zero-order valence-electron chi connectivity index (χ0n) is 17.2. The van der Waals surface area contributed by atoms with Gasteiger partial charge in [-0.3, -0.25) is 18.7 Å². The van der Waals surface area contributed by atoms with Crippen molar-refractivity contribution in [3.8, 4) is 11.8 Å². The average molecular weight is 447 g/mol. The molecule has 3 aromatic rings. The lowest BCUT2D eigenvalue weighted by Gasteiger charge is -2.21. The zero-order chi connectivity index (χ0) is 22.2. The summed E-state index contributed by atoms with van der Waals surface area (Å²) >= 11 is 2.43. The van der Waals surface area contributed by atoms with Gasteiger partial charge in [-0.1, -0.05) is 53.4 Å². The molecule has 2 N–H and O–H groups in total. The third-order valence-electron chi connectivity index (χ3n) is 4.88. The number of benzene rings is 1. The molecular formula is C20H22N4O4S2. The molecule has 1 aromatic carbocycles. The number of nitrogens with zero attached hydrogens (tertiary/aromatic N) is 4. The second-order valence-corrected chi connectivity index (χ2v) is 8.29. The molecule has 0 saturated carbocycles. The van der Waals surface area contributed by atoms with E-state index in [1.54, 1.807) is 38.7 Å². The quantitative estimate of drug-likeness (QED) is 0.453. The molecule has 158 valence electrons. The highest BCUT2D eigenvalue weighted by Gasteiger charge is 2.32. The second-order valence-electron chi connectivity index (χ2n) is 6.74. The van der Waals surface area contributed by atoms with Crippen LogP contribution in [-0.4, -0.2) is 41.8 Å². The fourth-order valence-electron chi connectivity index (χ4n) is 3.28. The van der Waals surface area contributed by atoms with Gasteiger partial charge in [0.25, 0.3) is 11.1 Å². The molecule has 0 saturated heterocycles. The van der Waals surface area contributed by atoms with Gasteiger partial charge in [0.15, 0.2) is 10.3 Å². The van der Waals surface area contributed by atoms with Gasteiger partial charge in [-0.05, 0) is 25.0 Å². The highest BCUT2D eigenvalue weighted by molar-refractivity contribution is 7.98. The molecule has 8 nitrogen and oxygen atoms in total. The fourth-order valence-corrected chi connectivity index (χ4v) is 4.35. The maximum atomic E-state index is 13.2. The normalized spacial score (nSPS) is 11.3. The number of thioether (sulfide) groups is 2. The molecule has 10 heteroatoms. The Morgan fingerprint density at radius 1 is 0.833 bits per heavy atom. The van der Waals surface area contributed by atoms with E-state index in [1.807, 2.05) is 19.1 Å². The molecule has 30 heavy (non-hydrogen) atoms. The Labute approximate surface area is 181 Å². The second kappa shape index (κ2) is 8.57. The van der Waals surface area contributed by atoms with Crippen LogP contribution in [0.2, 0.25) is 0 Å². The van der Waals surface area contributed by atoms with Crippen molar-refractivity contribution in [2.45, 2.75) is 23.2 Å². The van der Waals surface area contributed by atoms with E-state index in [1.165, 1.54) is 32.7 Å². The minimum absolute atomic E-state index is 0.0924. The SMILES string of the molecule is CSc1nc(O)c(C(c2ccc(C)cc2)c2c(O)nc(SC)n(C)c2=O)c(=O)n1C. The van der Waals surface area contributed by atoms with E-state index in [0.717, 1.165) is 5.56 Å². The Morgan fingerprint density at radius 2 is 1.23 bits per heavy atom. The lowest BCUT2D eigenvalue weighted by molar-refractivity contribution is 0.416. The summed E-state index contributed by atoms with van der Waals surface area (Å²) in [6, 6.07) is 7.17. The Morgan fingerprint density at radius 3 is 1.60 bits per heavy atom. The first-order valence-electron chi connectivity index (χ1n) is 8.95. The summed E-state index contributed by atoms with van der Waals surface area (Å²) in [6.45, 7) is 1.91. The Kier molecular flexibility index (Phi) is 6.27. The highest BCUT2D eigenvalue weighted by atomic mass is 32.2. The number of hydrogen-bond acceptors (Lipinski definition) is 8. The molecule has 3 rings (SSSR count). The molecular weight excluding hydrogens is 424 g/mol. The summed E-state index contributed by atoms with van der Waals surface area (Å²) in [6.07, 6.45) is 3.48. The molecule has 2 aromatic heterocycles. The van der Waals surface area contributed by atoms with Crippen LogP contribution in [0.1, 0.15) is 28.2 Å². The molecule has 0 bridgehead atoms. The lowest BCUT2D eigenvalue weighted by atomic mass is 9.86. The molecule has 0 radical (unpaired) electrons. The van der Waals surface area contributed by atoms with Gasteiger partial charge < -0.3 is 10.2 Å². The van der Waals surface area contributed by atoms with Crippen molar-refractivity contribution in [3.63, 3.8) is 0 Å². The maximum Gasteiger partial charge on any atom is 0.261 e. The standard InChI is InChI=1S/C20H22N4O4S2/c1-10-6-8-11(9-7-10)12(13-15(25)21-19(29-4)23(2)17(13)27)14-16(26)22-20(30-5)24(3)18(14)28/h6-9,12,25-26H,1-5H3. The van der Waals surface area contributed by atoms with Crippen molar-refractivity contribution in [3.05, 3.63) is 67.2 Å². The predicted octanol–water partition coefficient (Wildman–Crippen LogP) is 2.22. The first-order chi connectivity index (χ1) is 14.2. The number of rotatable bonds is 5. The minimum atomic E-state index is -1.05. The zero-order valence-corrected chi connectivity index (χ0v) is 18.8. The first kappa shape index (κ1) is 22.0. The predicted molar refractivity (Wildman–Crippen MR) is 118 cm³/mol. The summed E-state index contributed by atoms with van der Waals surface area (Å²) < 4.78 is 2.62. The van der Waals surface area contributed by atoms with Crippen LogP contribution >= 0.6 is 23.5 Å². The molecule has 0 spiro atoms. The molecule has 0 aliphatic rings. The Balaban J connectivity index is 2.43. The van der Waals surface area contributed by atoms with Gasteiger partial charge in [0.05, 0.1) is 17.0 Å². The molecule has 0 amide bonds. The third-order valence-corrected chi connectivity index (χ3v) is 6.34. The molecule has 0 fully saturated rings. The van der Waals surface area contributed by atoms with Crippen molar-refractivity contribution in [2.75, 3.05) is 12.5 Å². The number of aromatic nitrogens is 4. The van der Waals surface area contributed by atoms with Crippen molar-refractivity contribution < 1.29 is 10.2 Å². The maximum absolute atomic E-state index is 13.2. The summed E-state index contributed by atoms with van der Waals surface area (Å²) in [4.78, 5) is 34.6. The van der Waals surface area contributed by atoms with Gasteiger partial charge in [0, 0.05) is 14.1 Å². The molecule has 0 unspecified atom stereocenters. The van der Waals surface area contributed by atoms with Gasteiger partial charge >= 0.3 is 0 Å². The van der Waals surface area contributed by atoms with E-state index >= 15 is 0 Å². The Hall–Kier alpha value is -2.72. The van der Waals surface area contributed by atoms with Crippen LogP contribution < -0.4 is 11.1 Å². The van der Waals surface area contributed by atoms with E-state index < -0.39 is 28.8 Å². The summed E-state index contributed by atoms with van der Waals surface area (Å²) in [5.41, 5.74) is 0.340. The van der Waals surface area contributed by atoms with E-state index in [9.17, 15) is 19.8 Å². The van der Waals surface area contributed by atoms with Gasteiger partial charge in [-0.2, -0.15) is 9.97 Å². The molecule has 0 aliphatic carbocycles. The lowest BCUT2D eigenvalue weighted by Crippen LogP contribution is -2.31. The van der Waals surface area contributed by atoms with Crippen LogP contribution in [0, 0.1) is 6.92 Å². The monoisotopic (exact) mass is 446 g/mol. The van der Waals surface area contributed by atoms with Crippen LogP contribution in [0.15, 0.2) is 44.2 Å². The van der Waals surface area contributed by atoms with Crippen LogP contribution in [0.5, 0.6) is 11.8 Å². The molecule has 2 heterocycles. The number of hydrogen-bond donors (Lipinski definition) is 2. The van der Waals surface area contributed by atoms with E-state index in [0.29, 0.717) is 15.9 Å². The highest BCUT2D eigenvalue weighted by Crippen LogP contribution is 2.36. The third kappa shape index (κ3) is 3.72. The van der Waals surface area contributed by atoms with Crippen LogP contribution in [0.4, 0.5) is 0 Å². The minimum Gasteiger partial charge on any atom is -0.493 e. The first-order valence-corrected chi connectivity index (χ1v) is 11.4. The van der Waals surface area contributed by atoms with Gasteiger partial charge in [0.1, 0.15) is 0 Å². The summed E-state index contributed by atoms with van der Waals surface area (Å²) in [5.74, 6) is -2.01. The van der Waals surface area contributed by atoms with Crippen molar-refractivity contribution >= 4 is 23.5 Å². The van der Waals surface area contributed by atoms with E-state index in [4.69, 9.17) is 0 Å². The average Bonchev–Trinajstić information content (AvgIpc) is 2.72. The number of aryl methyl sites for hydroxylation is 1. The number of aromatic hydroxyl groups is 2. The van der Waals surface area contributed by atoms with Crippen molar-refractivity contribution in [2.24, 2.45) is 14.1 Å². The topological polar surface area (TPSA) is 110 Å². The van der Waals surface area contributed by atoms with Crippen molar-refractivity contribution in [1.29, 1.82) is 0 Å². The summed E-state index contributed by atoms with van der Waals surface area (Å²) in [7, 11) is 3.09. The summed E-state index contributed by atoms with van der Waals surface area (Å²) in [5, 5.41) is 22.0. The van der Waals surface area contributed by atoms with Crippen LogP contribution in [0.3, 0.4) is 0 Å². The smallest absolute Gasteiger partial charge is 0.261 e.